The van der Waals surface area contributed by atoms with E-state index < -0.39 is 0 Å². The van der Waals surface area contributed by atoms with Crippen LogP contribution >= 0.6 is 0 Å². The minimum Gasteiger partial charge on any atom is -0.0964 e. The minimum atomic E-state index is 0.392. The third-order valence-electron chi connectivity index (χ3n) is 5.90. The Hall–Kier alpha value is -2.02. The number of allylic oxidation sites excluding steroid dienone is 4. The molecule has 1 heteroatoms. The molecule has 2 aromatic carbocycles. The Morgan fingerprint density at radius 1 is 1.15 bits per heavy atom. The van der Waals surface area contributed by atoms with Crippen LogP contribution in [0.25, 0.3) is 0 Å². The molecular formula is C26H31B. The molecule has 0 saturated carbocycles. The monoisotopic (exact) mass is 354 g/mol. The highest BCUT2D eigenvalue weighted by Crippen LogP contribution is 2.44. The first-order chi connectivity index (χ1) is 13.0. The second-order valence-corrected chi connectivity index (χ2v) is 8.00. The van der Waals surface area contributed by atoms with Crippen molar-refractivity contribution in [3.05, 3.63) is 88.5 Å². The van der Waals surface area contributed by atoms with Crippen molar-refractivity contribution in [1.29, 1.82) is 0 Å². The molecule has 0 N–H and O–H groups in total. The van der Waals surface area contributed by atoms with E-state index in [0.29, 0.717) is 17.8 Å². The van der Waals surface area contributed by atoms with Gasteiger partial charge in [0, 0.05) is 5.92 Å². The van der Waals surface area contributed by atoms with Crippen LogP contribution in [0.15, 0.2) is 66.3 Å². The first-order valence-electron chi connectivity index (χ1n) is 10.4. The first-order valence-corrected chi connectivity index (χ1v) is 10.4. The second-order valence-electron chi connectivity index (χ2n) is 8.00. The van der Waals surface area contributed by atoms with Crippen molar-refractivity contribution >= 4 is 13.3 Å². The number of aryl methyl sites for hydroxylation is 1. The fourth-order valence-corrected chi connectivity index (χ4v) is 4.39. The van der Waals surface area contributed by atoms with Crippen LogP contribution in [0.2, 0.25) is 0 Å². The molecule has 0 amide bonds. The molecule has 0 spiro atoms. The van der Waals surface area contributed by atoms with Gasteiger partial charge in [-0.25, -0.2) is 0 Å². The predicted octanol–water partition coefficient (Wildman–Crippen LogP) is 6.21. The molecule has 0 saturated heterocycles. The van der Waals surface area contributed by atoms with E-state index in [1.165, 1.54) is 34.2 Å². The van der Waals surface area contributed by atoms with E-state index >= 15 is 0 Å². The molecule has 3 rings (SSSR count). The van der Waals surface area contributed by atoms with Crippen LogP contribution in [0.3, 0.4) is 0 Å². The Morgan fingerprint density at radius 3 is 2.52 bits per heavy atom. The Morgan fingerprint density at radius 2 is 1.89 bits per heavy atom. The summed E-state index contributed by atoms with van der Waals surface area (Å²) < 4.78 is 0. The Labute approximate surface area is 166 Å². The van der Waals surface area contributed by atoms with E-state index in [1.807, 2.05) is 0 Å². The normalized spacial score (nSPS) is 20.3. The fraction of sp³-hybridized carbons (Fsp3) is 0.385. The maximum atomic E-state index is 6.08. The summed E-state index contributed by atoms with van der Waals surface area (Å²) in [7, 11) is 6.08. The lowest BCUT2D eigenvalue weighted by Gasteiger charge is -2.35. The SMILES string of the molecule is [B]c1ccc2c(c1)CCC(C(/C=C\CC)=C/C)C2c1ccc(C(C)C)cc1. The van der Waals surface area contributed by atoms with E-state index in [1.54, 1.807) is 0 Å². The van der Waals surface area contributed by atoms with Gasteiger partial charge in [-0.1, -0.05) is 86.9 Å². The summed E-state index contributed by atoms with van der Waals surface area (Å²) >= 11 is 0. The Kier molecular flexibility index (Phi) is 6.42. The number of hydrogen-bond acceptors (Lipinski definition) is 0. The summed E-state index contributed by atoms with van der Waals surface area (Å²) in [6, 6.07) is 15.8. The lowest BCUT2D eigenvalue weighted by Crippen LogP contribution is -2.24. The van der Waals surface area contributed by atoms with Gasteiger partial charge in [-0.3, -0.25) is 0 Å². The van der Waals surface area contributed by atoms with Gasteiger partial charge < -0.3 is 0 Å². The van der Waals surface area contributed by atoms with Crippen molar-refractivity contribution in [2.45, 2.75) is 58.8 Å². The van der Waals surface area contributed by atoms with Crippen LogP contribution in [0.4, 0.5) is 0 Å². The van der Waals surface area contributed by atoms with Gasteiger partial charge in [0.05, 0.1) is 0 Å². The quantitative estimate of drug-likeness (QED) is 0.442. The van der Waals surface area contributed by atoms with Crippen molar-refractivity contribution in [3.8, 4) is 0 Å². The van der Waals surface area contributed by atoms with Crippen LogP contribution in [0, 0.1) is 5.92 Å². The molecule has 0 nitrogen and oxygen atoms in total. The van der Waals surface area contributed by atoms with Crippen LogP contribution in [-0.2, 0) is 6.42 Å². The summed E-state index contributed by atoms with van der Waals surface area (Å²) in [6.07, 6.45) is 10.3. The molecule has 2 unspecified atom stereocenters. The third kappa shape index (κ3) is 4.29. The van der Waals surface area contributed by atoms with Crippen LogP contribution in [0.5, 0.6) is 0 Å². The zero-order chi connectivity index (χ0) is 19.4. The molecule has 1 aliphatic carbocycles. The van der Waals surface area contributed by atoms with Gasteiger partial charge in [0.2, 0.25) is 0 Å². The van der Waals surface area contributed by atoms with Crippen molar-refractivity contribution in [2.75, 3.05) is 0 Å². The molecule has 138 valence electrons. The largest absolute Gasteiger partial charge is 0.113 e. The molecule has 0 fully saturated rings. The fourth-order valence-electron chi connectivity index (χ4n) is 4.39. The highest BCUT2D eigenvalue weighted by atomic mass is 14.4. The van der Waals surface area contributed by atoms with E-state index in [0.717, 1.165) is 18.3 Å². The second kappa shape index (κ2) is 8.78. The average Bonchev–Trinajstić information content (AvgIpc) is 2.68. The predicted molar refractivity (Wildman–Crippen MR) is 119 cm³/mol. The number of benzene rings is 2. The molecule has 2 aromatic rings. The lowest BCUT2D eigenvalue weighted by atomic mass is 9.68. The van der Waals surface area contributed by atoms with Gasteiger partial charge in [-0.15, -0.1) is 0 Å². The summed E-state index contributed by atoms with van der Waals surface area (Å²) in [5.74, 6) is 1.47. The number of hydrogen-bond donors (Lipinski definition) is 0. The molecule has 27 heavy (non-hydrogen) atoms. The third-order valence-corrected chi connectivity index (χ3v) is 5.90. The molecule has 0 bridgehead atoms. The molecule has 2 radical (unpaired) electrons. The summed E-state index contributed by atoms with van der Waals surface area (Å²) in [5.41, 5.74) is 8.01. The summed E-state index contributed by atoms with van der Waals surface area (Å²) in [5, 5.41) is 0. The zero-order valence-corrected chi connectivity index (χ0v) is 17.2. The smallest absolute Gasteiger partial charge is 0.0964 e. The van der Waals surface area contributed by atoms with E-state index in [-0.39, 0.29) is 0 Å². The Balaban J connectivity index is 2.08. The molecular weight excluding hydrogens is 323 g/mol. The highest BCUT2D eigenvalue weighted by molar-refractivity contribution is 6.32. The minimum absolute atomic E-state index is 0.392. The molecule has 0 aromatic heterocycles. The van der Waals surface area contributed by atoms with Gasteiger partial charge in [-0.2, -0.15) is 0 Å². The van der Waals surface area contributed by atoms with Gasteiger partial charge in [0.15, 0.2) is 0 Å². The van der Waals surface area contributed by atoms with Crippen molar-refractivity contribution in [2.24, 2.45) is 5.92 Å². The van der Waals surface area contributed by atoms with Crippen LogP contribution in [-0.4, -0.2) is 7.85 Å². The zero-order valence-electron chi connectivity index (χ0n) is 17.2. The number of fused-ring (bicyclic) bond motifs is 1. The van der Waals surface area contributed by atoms with E-state index in [2.05, 4.69) is 88.4 Å². The molecule has 1 aliphatic rings. The topological polar surface area (TPSA) is 0 Å². The van der Waals surface area contributed by atoms with E-state index in [4.69, 9.17) is 7.85 Å². The maximum Gasteiger partial charge on any atom is 0.113 e. The Bertz CT molecular complexity index is 824. The van der Waals surface area contributed by atoms with Gasteiger partial charge in [-0.05, 0) is 65.8 Å². The first kappa shape index (κ1) is 19.7. The molecule has 0 aliphatic heterocycles. The van der Waals surface area contributed by atoms with Crippen molar-refractivity contribution < 1.29 is 0 Å². The van der Waals surface area contributed by atoms with E-state index in [9.17, 15) is 0 Å². The van der Waals surface area contributed by atoms with Crippen LogP contribution < -0.4 is 5.46 Å². The van der Waals surface area contributed by atoms with Gasteiger partial charge in [0.1, 0.15) is 7.85 Å². The highest BCUT2D eigenvalue weighted by Gasteiger charge is 2.32. The lowest BCUT2D eigenvalue weighted by molar-refractivity contribution is 0.476. The summed E-state index contributed by atoms with van der Waals surface area (Å²) in [6.45, 7) is 8.88. The summed E-state index contributed by atoms with van der Waals surface area (Å²) in [4.78, 5) is 0. The van der Waals surface area contributed by atoms with Gasteiger partial charge in [0.25, 0.3) is 0 Å². The standard InChI is InChI=1S/C26H31B/c1-5-7-8-19(6-2)24-15-13-22-17-23(27)14-16-25(22)26(24)21-11-9-20(10-12-21)18(3)4/h6-12,14,16-18,24,26H,5,13,15H2,1-4H3/b8-7-,19-6+. The molecule has 2 atom stereocenters. The average molecular weight is 354 g/mol. The van der Waals surface area contributed by atoms with Crippen molar-refractivity contribution in [3.63, 3.8) is 0 Å². The maximum absolute atomic E-state index is 6.08. The van der Waals surface area contributed by atoms with Gasteiger partial charge >= 0.3 is 0 Å². The van der Waals surface area contributed by atoms with Crippen molar-refractivity contribution in [1.82, 2.24) is 0 Å². The molecule has 0 heterocycles. The number of rotatable bonds is 5. The van der Waals surface area contributed by atoms with Crippen LogP contribution in [0.1, 0.15) is 74.6 Å².